The average molecular weight is 456 g/mol. The molecular formula is C27H29N5O2. The second kappa shape index (κ2) is 9.40. The summed E-state index contributed by atoms with van der Waals surface area (Å²) in [7, 11) is 0. The molecule has 174 valence electrons. The molecular weight excluding hydrogens is 426 g/mol. The molecule has 1 aliphatic heterocycles. The van der Waals surface area contributed by atoms with Gasteiger partial charge >= 0.3 is 0 Å². The molecule has 0 spiro atoms. The summed E-state index contributed by atoms with van der Waals surface area (Å²) in [6, 6.07) is 9.64. The topological polar surface area (TPSA) is 71.6 Å². The number of fused-ring (bicyclic) bond motifs is 1. The lowest BCUT2D eigenvalue weighted by Crippen LogP contribution is -2.34. The number of benzene rings is 1. The average Bonchev–Trinajstić information content (AvgIpc) is 3.60. The van der Waals surface area contributed by atoms with Gasteiger partial charge in [0, 0.05) is 23.6 Å². The summed E-state index contributed by atoms with van der Waals surface area (Å²) in [4.78, 5) is 36.3. The first-order valence-corrected chi connectivity index (χ1v) is 12.1. The fourth-order valence-electron chi connectivity index (χ4n) is 4.85. The molecule has 2 fully saturated rings. The molecule has 0 atom stereocenters. The Morgan fingerprint density at radius 1 is 1.15 bits per heavy atom. The van der Waals surface area contributed by atoms with E-state index in [0.29, 0.717) is 29.4 Å². The fourth-order valence-corrected chi connectivity index (χ4v) is 4.85. The number of rotatable bonds is 7. The van der Waals surface area contributed by atoms with Gasteiger partial charge in [0.1, 0.15) is 0 Å². The molecule has 1 amide bonds. The molecule has 7 nitrogen and oxygen atoms in total. The van der Waals surface area contributed by atoms with Crippen molar-refractivity contribution in [3.63, 3.8) is 0 Å². The number of nitrogens with one attached hydrogen (secondary N) is 1. The van der Waals surface area contributed by atoms with Crippen LogP contribution in [0.3, 0.4) is 0 Å². The Labute approximate surface area is 199 Å². The fraction of sp³-hybridized carbons (Fsp3) is 0.407. The van der Waals surface area contributed by atoms with Gasteiger partial charge in [-0.2, -0.15) is 0 Å². The molecule has 1 aliphatic carbocycles. The molecule has 34 heavy (non-hydrogen) atoms. The molecule has 0 bridgehead atoms. The predicted molar refractivity (Wildman–Crippen MR) is 132 cm³/mol. The summed E-state index contributed by atoms with van der Waals surface area (Å²) < 4.78 is 2.03. The number of amides is 1. The van der Waals surface area contributed by atoms with Crippen molar-refractivity contribution >= 4 is 28.4 Å². The normalized spacial score (nSPS) is 16.4. The number of aromatic nitrogens is 2. The molecule has 3 heterocycles. The zero-order valence-electron chi connectivity index (χ0n) is 19.5. The van der Waals surface area contributed by atoms with Gasteiger partial charge in [0.2, 0.25) is 5.91 Å². The Kier molecular flexibility index (Phi) is 6.16. The summed E-state index contributed by atoms with van der Waals surface area (Å²) in [5.41, 5.74) is 5.20. The van der Waals surface area contributed by atoms with Gasteiger partial charge in [0.25, 0.3) is 0 Å². The Morgan fingerprint density at radius 3 is 2.56 bits per heavy atom. The minimum atomic E-state index is 0.00119. The van der Waals surface area contributed by atoms with Crippen LogP contribution in [0.4, 0.5) is 5.69 Å². The van der Waals surface area contributed by atoms with E-state index in [1.54, 1.807) is 18.3 Å². The lowest BCUT2D eigenvalue weighted by molar-refractivity contribution is -0.120. The lowest BCUT2D eigenvalue weighted by Gasteiger charge is -2.25. The number of carbonyl (C=O) groups is 2. The van der Waals surface area contributed by atoms with Crippen LogP contribution in [0.25, 0.3) is 21.6 Å². The van der Waals surface area contributed by atoms with E-state index in [1.165, 1.54) is 6.42 Å². The Bertz CT molecular complexity index is 1280. The van der Waals surface area contributed by atoms with Crippen LogP contribution < -0.4 is 5.32 Å². The second-order valence-corrected chi connectivity index (χ2v) is 9.41. The Hall–Kier alpha value is -3.50. The van der Waals surface area contributed by atoms with Crippen molar-refractivity contribution in [2.24, 2.45) is 0 Å². The molecule has 0 radical (unpaired) electrons. The van der Waals surface area contributed by atoms with Crippen molar-refractivity contribution in [2.75, 3.05) is 19.6 Å². The molecule has 3 aromatic rings. The van der Waals surface area contributed by atoms with Crippen molar-refractivity contribution in [1.82, 2.24) is 19.8 Å². The molecule has 1 N–H and O–H groups in total. The highest BCUT2D eigenvalue weighted by Gasteiger charge is 2.26. The quantitative estimate of drug-likeness (QED) is 0.424. The van der Waals surface area contributed by atoms with Crippen LogP contribution in [0.1, 0.15) is 53.7 Å². The van der Waals surface area contributed by atoms with E-state index in [2.05, 4.69) is 15.1 Å². The number of likely N-dealkylation sites (tertiary alicyclic amines) is 1. The molecule has 5 rings (SSSR count). The van der Waals surface area contributed by atoms with Crippen LogP contribution in [0, 0.1) is 13.5 Å². The first-order valence-electron chi connectivity index (χ1n) is 12.1. The molecule has 1 saturated carbocycles. The summed E-state index contributed by atoms with van der Waals surface area (Å²) in [6.07, 6.45) is 7.57. The number of pyridine rings is 1. The van der Waals surface area contributed by atoms with E-state index in [-0.39, 0.29) is 18.1 Å². The minimum Gasteiger partial charge on any atom is -0.353 e. The van der Waals surface area contributed by atoms with Gasteiger partial charge in [0.05, 0.1) is 36.1 Å². The van der Waals surface area contributed by atoms with E-state index >= 15 is 0 Å². The number of hydrogen-bond donors (Lipinski definition) is 1. The lowest BCUT2D eigenvalue weighted by atomic mass is 10.1. The van der Waals surface area contributed by atoms with Crippen molar-refractivity contribution < 1.29 is 9.59 Å². The number of hydrogen-bond acceptors (Lipinski definition) is 4. The van der Waals surface area contributed by atoms with Crippen LogP contribution in [-0.2, 0) is 11.2 Å². The van der Waals surface area contributed by atoms with E-state index in [4.69, 9.17) is 11.6 Å². The van der Waals surface area contributed by atoms with Crippen molar-refractivity contribution in [1.29, 1.82) is 0 Å². The number of Topliss-reactive ketones (excluding diaryl/α,β-unsaturated/α-hetero) is 1. The van der Waals surface area contributed by atoms with Crippen LogP contribution >= 0.6 is 0 Å². The van der Waals surface area contributed by atoms with Crippen LogP contribution in [0.15, 0.2) is 36.5 Å². The third-order valence-electron chi connectivity index (χ3n) is 6.74. The van der Waals surface area contributed by atoms with Crippen LogP contribution in [0.2, 0.25) is 0 Å². The highest BCUT2D eigenvalue weighted by atomic mass is 16.1. The van der Waals surface area contributed by atoms with Crippen LogP contribution in [-0.4, -0.2) is 51.8 Å². The molecule has 1 saturated heterocycles. The van der Waals surface area contributed by atoms with Gasteiger partial charge in [-0.05, 0) is 69.5 Å². The molecule has 2 aliphatic rings. The third kappa shape index (κ3) is 4.59. The Balaban J connectivity index is 1.55. The summed E-state index contributed by atoms with van der Waals surface area (Å²) in [5, 5.41) is 3.03. The number of ketones is 1. The zero-order chi connectivity index (χ0) is 23.7. The second-order valence-electron chi connectivity index (χ2n) is 9.41. The molecule has 0 unspecified atom stereocenters. The highest BCUT2D eigenvalue weighted by molar-refractivity contribution is 6.09. The monoisotopic (exact) mass is 455 g/mol. The van der Waals surface area contributed by atoms with Gasteiger partial charge in [-0.25, -0.2) is 4.85 Å². The standard InChI is InChI=1S/C27H29N5O2/c1-18-26(24(33)17-31-12-4-3-5-13-31)27-23(32(18)22-10-8-20(28-2)9-11-22)14-19(16-29-27)15-25(34)30-21-6-7-21/h8-11,14,16,21H,3-7,12-13,15,17H2,1H3,(H,30,34). The van der Waals surface area contributed by atoms with E-state index in [0.717, 1.165) is 61.2 Å². The highest BCUT2D eigenvalue weighted by Crippen LogP contribution is 2.30. The number of nitrogens with zero attached hydrogens (tertiary/aromatic N) is 4. The van der Waals surface area contributed by atoms with Gasteiger partial charge in [0.15, 0.2) is 11.5 Å². The molecule has 2 aromatic heterocycles. The van der Waals surface area contributed by atoms with Crippen LogP contribution in [0.5, 0.6) is 0 Å². The third-order valence-corrected chi connectivity index (χ3v) is 6.74. The predicted octanol–water partition coefficient (Wildman–Crippen LogP) is 4.37. The number of piperidine rings is 1. The van der Waals surface area contributed by atoms with Crippen molar-refractivity contribution in [2.45, 2.75) is 51.5 Å². The summed E-state index contributed by atoms with van der Waals surface area (Å²) in [5.74, 6) is 0.0777. The molecule has 7 heteroatoms. The largest absolute Gasteiger partial charge is 0.353 e. The zero-order valence-corrected chi connectivity index (χ0v) is 19.5. The first kappa shape index (κ1) is 22.3. The maximum Gasteiger partial charge on any atom is 0.224 e. The van der Waals surface area contributed by atoms with Gasteiger partial charge in [-0.1, -0.05) is 18.6 Å². The van der Waals surface area contributed by atoms with Gasteiger partial charge in [-0.15, -0.1) is 0 Å². The maximum absolute atomic E-state index is 13.5. The SMILES string of the molecule is [C-]#[N+]c1ccc(-n2c(C)c(C(=O)CN3CCCCC3)c3ncc(CC(=O)NC4CC4)cc32)cc1. The maximum atomic E-state index is 13.5. The Morgan fingerprint density at radius 2 is 1.88 bits per heavy atom. The van der Waals surface area contributed by atoms with Crippen molar-refractivity contribution in [3.8, 4) is 5.69 Å². The number of carbonyl (C=O) groups excluding carboxylic acids is 2. The molecule has 1 aromatic carbocycles. The van der Waals surface area contributed by atoms with Crippen molar-refractivity contribution in [3.05, 3.63) is 64.8 Å². The summed E-state index contributed by atoms with van der Waals surface area (Å²) in [6.45, 7) is 11.5. The minimum absolute atomic E-state index is 0.00119. The summed E-state index contributed by atoms with van der Waals surface area (Å²) >= 11 is 0. The van der Waals surface area contributed by atoms with E-state index < -0.39 is 0 Å². The van der Waals surface area contributed by atoms with E-state index in [1.807, 2.05) is 29.7 Å². The first-order chi connectivity index (χ1) is 16.5. The smallest absolute Gasteiger partial charge is 0.224 e. The van der Waals surface area contributed by atoms with Gasteiger partial charge < -0.3 is 9.88 Å². The van der Waals surface area contributed by atoms with E-state index in [9.17, 15) is 9.59 Å². The van der Waals surface area contributed by atoms with Gasteiger partial charge in [-0.3, -0.25) is 19.5 Å².